The van der Waals surface area contributed by atoms with Crippen LogP contribution in [-0.2, 0) is 6.42 Å². The van der Waals surface area contributed by atoms with Gasteiger partial charge >= 0.3 is 0 Å². The standard InChI is InChI=1S/C14H23NO5/c16-7-5-12-3-1-2-4-13(12)15(6-8-17)14(9-18,10-19)11-20/h1-4,16-20H,5-11H2. The second-order valence-electron chi connectivity index (χ2n) is 4.68. The average Bonchev–Trinajstić information content (AvgIpc) is 2.49. The van der Waals surface area contributed by atoms with Crippen molar-refractivity contribution in [3.8, 4) is 0 Å². The number of hydrogen-bond acceptors (Lipinski definition) is 6. The van der Waals surface area contributed by atoms with Crippen molar-refractivity contribution < 1.29 is 25.5 Å². The molecule has 0 saturated carbocycles. The molecule has 0 aliphatic heterocycles. The molecule has 0 saturated heterocycles. The van der Waals surface area contributed by atoms with Crippen molar-refractivity contribution in [2.24, 2.45) is 0 Å². The summed E-state index contributed by atoms with van der Waals surface area (Å²) in [6.07, 6.45) is 0.413. The van der Waals surface area contributed by atoms with Gasteiger partial charge in [-0.05, 0) is 18.1 Å². The Bertz CT molecular complexity index is 387. The van der Waals surface area contributed by atoms with Gasteiger partial charge in [0, 0.05) is 18.8 Å². The van der Waals surface area contributed by atoms with Crippen LogP contribution in [0.2, 0.25) is 0 Å². The average molecular weight is 285 g/mol. The molecule has 6 heteroatoms. The van der Waals surface area contributed by atoms with Crippen LogP contribution in [-0.4, -0.2) is 70.7 Å². The molecule has 0 aromatic heterocycles. The third-order valence-corrected chi connectivity index (χ3v) is 3.44. The van der Waals surface area contributed by atoms with Gasteiger partial charge in [0.1, 0.15) is 5.54 Å². The molecule has 0 heterocycles. The molecule has 6 nitrogen and oxygen atoms in total. The summed E-state index contributed by atoms with van der Waals surface area (Å²) >= 11 is 0. The van der Waals surface area contributed by atoms with Crippen LogP contribution in [0.15, 0.2) is 24.3 Å². The molecule has 0 aliphatic carbocycles. The van der Waals surface area contributed by atoms with E-state index in [9.17, 15) is 20.4 Å². The molecule has 1 aromatic rings. The first-order valence-electron chi connectivity index (χ1n) is 6.59. The van der Waals surface area contributed by atoms with Crippen LogP contribution >= 0.6 is 0 Å². The molecule has 0 spiro atoms. The Kier molecular flexibility index (Phi) is 6.90. The lowest BCUT2D eigenvalue weighted by atomic mass is 9.97. The van der Waals surface area contributed by atoms with Gasteiger partial charge in [0.2, 0.25) is 0 Å². The fourth-order valence-electron chi connectivity index (χ4n) is 2.23. The molecule has 5 N–H and O–H groups in total. The fraction of sp³-hybridized carbons (Fsp3) is 0.571. The number of hydrogen-bond donors (Lipinski definition) is 5. The molecule has 114 valence electrons. The van der Waals surface area contributed by atoms with Crippen LogP contribution in [0.5, 0.6) is 0 Å². The maximum atomic E-state index is 9.56. The van der Waals surface area contributed by atoms with Crippen molar-refractivity contribution in [3.63, 3.8) is 0 Å². The summed E-state index contributed by atoms with van der Waals surface area (Å²) in [7, 11) is 0. The summed E-state index contributed by atoms with van der Waals surface area (Å²) in [5.74, 6) is 0. The Hall–Kier alpha value is -1.18. The molecule has 0 fully saturated rings. The molecule has 1 aromatic carbocycles. The SMILES string of the molecule is OCCc1ccccc1N(CCO)C(CO)(CO)CO. The molecule has 0 aliphatic rings. The van der Waals surface area contributed by atoms with Gasteiger partial charge in [-0.25, -0.2) is 0 Å². The highest BCUT2D eigenvalue weighted by atomic mass is 16.3. The summed E-state index contributed by atoms with van der Waals surface area (Å²) < 4.78 is 0. The van der Waals surface area contributed by atoms with Gasteiger partial charge in [-0.2, -0.15) is 0 Å². The number of aliphatic hydroxyl groups is 5. The second-order valence-corrected chi connectivity index (χ2v) is 4.68. The van der Waals surface area contributed by atoms with Crippen LogP contribution in [0, 0.1) is 0 Å². The van der Waals surface area contributed by atoms with Crippen LogP contribution in [0.1, 0.15) is 5.56 Å². The largest absolute Gasteiger partial charge is 0.396 e. The zero-order valence-corrected chi connectivity index (χ0v) is 11.4. The lowest BCUT2D eigenvalue weighted by Gasteiger charge is -2.42. The van der Waals surface area contributed by atoms with Crippen molar-refractivity contribution in [1.29, 1.82) is 0 Å². The Morgan fingerprint density at radius 1 is 0.850 bits per heavy atom. The van der Waals surface area contributed by atoms with Gasteiger partial charge in [-0.3, -0.25) is 0 Å². The smallest absolute Gasteiger partial charge is 0.109 e. The summed E-state index contributed by atoms with van der Waals surface area (Å²) in [6, 6.07) is 7.21. The second kappa shape index (κ2) is 8.18. The van der Waals surface area contributed by atoms with E-state index in [-0.39, 0.29) is 19.8 Å². The predicted octanol–water partition coefficient (Wildman–Crippen LogP) is -1.26. The first-order chi connectivity index (χ1) is 9.68. The van der Waals surface area contributed by atoms with Gasteiger partial charge in [0.05, 0.1) is 26.4 Å². The van der Waals surface area contributed by atoms with Crippen LogP contribution in [0.4, 0.5) is 5.69 Å². The van der Waals surface area contributed by atoms with E-state index in [4.69, 9.17) is 5.11 Å². The number of β-amino-alcohol motifs (C(OH)–C–C–N with tert-alkyl or cyclic N) is 1. The number of nitrogens with zero attached hydrogens (tertiary/aromatic N) is 1. The van der Waals surface area contributed by atoms with Crippen molar-refractivity contribution in [1.82, 2.24) is 0 Å². The van der Waals surface area contributed by atoms with E-state index in [1.807, 2.05) is 12.1 Å². The minimum absolute atomic E-state index is 0.0334. The van der Waals surface area contributed by atoms with Crippen LogP contribution < -0.4 is 4.90 Å². The minimum Gasteiger partial charge on any atom is -0.396 e. The fourth-order valence-corrected chi connectivity index (χ4v) is 2.23. The molecule has 0 amide bonds. The summed E-state index contributed by atoms with van der Waals surface area (Å²) in [6.45, 7) is -1.41. The molecule has 1 rings (SSSR count). The highest BCUT2D eigenvalue weighted by Gasteiger charge is 2.36. The van der Waals surface area contributed by atoms with Crippen molar-refractivity contribution in [2.75, 3.05) is 44.5 Å². The van der Waals surface area contributed by atoms with E-state index >= 15 is 0 Å². The van der Waals surface area contributed by atoms with E-state index < -0.39 is 25.4 Å². The Morgan fingerprint density at radius 3 is 1.95 bits per heavy atom. The number of aliphatic hydroxyl groups excluding tert-OH is 5. The van der Waals surface area contributed by atoms with Gasteiger partial charge in [-0.1, -0.05) is 18.2 Å². The van der Waals surface area contributed by atoms with Crippen molar-refractivity contribution in [3.05, 3.63) is 29.8 Å². The normalized spacial score (nSPS) is 11.7. The number of para-hydroxylation sites is 1. The van der Waals surface area contributed by atoms with E-state index in [1.54, 1.807) is 17.0 Å². The topological polar surface area (TPSA) is 104 Å². The van der Waals surface area contributed by atoms with E-state index in [0.29, 0.717) is 12.1 Å². The van der Waals surface area contributed by atoms with Crippen LogP contribution in [0.25, 0.3) is 0 Å². The molecular formula is C14H23NO5. The van der Waals surface area contributed by atoms with E-state index in [2.05, 4.69) is 0 Å². The summed E-state index contributed by atoms with van der Waals surface area (Å²) in [4.78, 5) is 1.60. The molecule has 0 atom stereocenters. The van der Waals surface area contributed by atoms with Gasteiger partial charge in [0.15, 0.2) is 0 Å². The third kappa shape index (κ3) is 3.47. The zero-order valence-electron chi connectivity index (χ0n) is 11.4. The molecule has 20 heavy (non-hydrogen) atoms. The first-order valence-corrected chi connectivity index (χ1v) is 6.59. The highest BCUT2D eigenvalue weighted by molar-refractivity contribution is 5.56. The lowest BCUT2D eigenvalue weighted by Crippen LogP contribution is -2.58. The Balaban J connectivity index is 3.25. The van der Waals surface area contributed by atoms with E-state index in [0.717, 1.165) is 5.56 Å². The molecular weight excluding hydrogens is 262 g/mol. The summed E-state index contributed by atoms with van der Waals surface area (Å²) in [5.41, 5.74) is 0.241. The molecule has 0 unspecified atom stereocenters. The van der Waals surface area contributed by atoms with Crippen molar-refractivity contribution >= 4 is 5.69 Å². The highest BCUT2D eigenvalue weighted by Crippen LogP contribution is 2.27. The first kappa shape index (κ1) is 16.9. The minimum atomic E-state index is -1.26. The maximum absolute atomic E-state index is 9.56. The number of benzene rings is 1. The van der Waals surface area contributed by atoms with Gasteiger partial charge in [0.25, 0.3) is 0 Å². The lowest BCUT2D eigenvalue weighted by molar-refractivity contribution is 0.0603. The quantitative estimate of drug-likeness (QED) is 0.388. The van der Waals surface area contributed by atoms with E-state index in [1.165, 1.54) is 0 Å². The van der Waals surface area contributed by atoms with Crippen molar-refractivity contribution in [2.45, 2.75) is 12.0 Å². The maximum Gasteiger partial charge on any atom is 0.109 e. The predicted molar refractivity (Wildman–Crippen MR) is 75.7 cm³/mol. The molecule has 0 radical (unpaired) electrons. The number of anilines is 1. The third-order valence-electron chi connectivity index (χ3n) is 3.44. The zero-order chi connectivity index (χ0) is 15.0. The Morgan fingerprint density at radius 2 is 1.45 bits per heavy atom. The Labute approximate surface area is 118 Å². The van der Waals surface area contributed by atoms with Gasteiger partial charge < -0.3 is 30.4 Å². The number of rotatable bonds is 9. The van der Waals surface area contributed by atoms with Crippen LogP contribution in [0.3, 0.4) is 0 Å². The monoisotopic (exact) mass is 285 g/mol. The summed E-state index contributed by atoms with van der Waals surface area (Å²) in [5, 5.41) is 47.0. The molecule has 0 bridgehead atoms. The van der Waals surface area contributed by atoms with Gasteiger partial charge in [-0.15, -0.1) is 0 Å².